The quantitative estimate of drug-likeness (QED) is 0.413. The normalized spacial score (nSPS) is 10.2. The molecule has 0 aromatic heterocycles. The van der Waals surface area contributed by atoms with Gasteiger partial charge in [-0.3, -0.25) is 0 Å². The van der Waals surface area contributed by atoms with Crippen molar-refractivity contribution >= 4 is 18.2 Å². The predicted octanol–water partition coefficient (Wildman–Crippen LogP) is -0.390. The van der Waals surface area contributed by atoms with E-state index in [9.17, 15) is 14.4 Å². The topological polar surface area (TPSA) is 88.3 Å². The fourth-order valence-electron chi connectivity index (χ4n) is 0.672. The summed E-state index contributed by atoms with van der Waals surface area (Å²) in [6.07, 6.45) is 4.04. The molecule has 0 heterocycles. The van der Waals surface area contributed by atoms with Crippen LogP contribution in [0.5, 0.6) is 0 Å². The van der Waals surface area contributed by atoms with Crippen molar-refractivity contribution in [2.45, 2.75) is 0 Å². The van der Waals surface area contributed by atoms with Gasteiger partial charge in [-0.1, -0.05) is 0 Å². The third kappa shape index (κ3) is 6.53. The second-order valence-corrected chi connectivity index (χ2v) is 2.16. The summed E-state index contributed by atoms with van der Waals surface area (Å²) in [7, 11) is 0. The van der Waals surface area contributed by atoms with E-state index in [2.05, 4.69) is 15.0 Å². The van der Waals surface area contributed by atoms with Gasteiger partial charge in [0, 0.05) is 5.92 Å². The Balaban J connectivity index is 4.07. The molecular formula is C7H7N3O3. The van der Waals surface area contributed by atoms with Crippen LogP contribution >= 0.6 is 0 Å². The van der Waals surface area contributed by atoms with E-state index in [-0.39, 0.29) is 25.6 Å². The minimum absolute atomic E-state index is 0.139. The van der Waals surface area contributed by atoms with Crippen molar-refractivity contribution in [2.75, 3.05) is 19.6 Å². The number of carbonyl (C=O) groups excluding carboxylic acids is 3. The highest BCUT2D eigenvalue weighted by Gasteiger charge is 2.06. The van der Waals surface area contributed by atoms with Gasteiger partial charge in [-0.2, -0.15) is 0 Å². The molecule has 0 bridgehead atoms. The number of isocyanates is 3. The zero-order chi connectivity index (χ0) is 9.94. The van der Waals surface area contributed by atoms with Gasteiger partial charge >= 0.3 is 0 Å². The highest BCUT2D eigenvalue weighted by atomic mass is 16.1. The molecule has 0 N–H and O–H groups in total. The van der Waals surface area contributed by atoms with Crippen LogP contribution in [0.1, 0.15) is 0 Å². The number of nitrogens with zero attached hydrogens (tertiary/aromatic N) is 3. The van der Waals surface area contributed by atoms with Crippen molar-refractivity contribution < 1.29 is 14.4 Å². The van der Waals surface area contributed by atoms with Gasteiger partial charge in [0.2, 0.25) is 18.2 Å². The Labute approximate surface area is 74.1 Å². The Morgan fingerprint density at radius 2 is 1.08 bits per heavy atom. The molecule has 0 aromatic rings. The first-order chi connectivity index (χ1) is 6.35. The van der Waals surface area contributed by atoms with Crippen LogP contribution in [0.3, 0.4) is 0 Å². The van der Waals surface area contributed by atoms with Crippen molar-refractivity contribution in [3.8, 4) is 0 Å². The van der Waals surface area contributed by atoms with Gasteiger partial charge < -0.3 is 0 Å². The molecule has 13 heavy (non-hydrogen) atoms. The zero-order valence-corrected chi connectivity index (χ0v) is 6.77. The number of hydrogen-bond acceptors (Lipinski definition) is 6. The summed E-state index contributed by atoms with van der Waals surface area (Å²) in [5, 5.41) is 0. The molecule has 0 radical (unpaired) electrons. The highest BCUT2D eigenvalue weighted by Crippen LogP contribution is 1.97. The smallest absolute Gasteiger partial charge is 0.211 e. The van der Waals surface area contributed by atoms with Crippen LogP contribution in [-0.4, -0.2) is 37.9 Å². The second kappa shape index (κ2) is 8.24. The summed E-state index contributed by atoms with van der Waals surface area (Å²) in [6, 6.07) is 0. The van der Waals surface area contributed by atoms with E-state index in [1.165, 1.54) is 18.2 Å². The van der Waals surface area contributed by atoms with Crippen molar-refractivity contribution in [1.29, 1.82) is 0 Å². The maximum atomic E-state index is 9.75. The molecule has 0 rings (SSSR count). The Morgan fingerprint density at radius 3 is 1.31 bits per heavy atom. The molecule has 0 spiro atoms. The van der Waals surface area contributed by atoms with E-state index in [1.807, 2.05) is 0 Å². The van der Waals surface area contributed by atoms with E-state index >= 15 is 0 Å². The second-order valence-electron chi connectivity index (χ2n) is 2.16. The van der Waals surface area contributed by atoms with Gasteiger partial charge in [-0.25, -0.2) is 29.4 Å². The molecule has 0 atom stereocenters. The third-order valence-corrected chi connectivity index (χ3v) is 1.24. The average molecular weight is 181 g/mol. The number of aliphatic imine (C=N–C) groups is 3. The average Bonchev–Trinajstić information content (AvgIpc) is 2.17. The fourth-order valence-corrected chi connectivity index (χ4v) is 0.672. The molecular weight excluding hydrogens is 174 g/mol. The standard InChI is InChI=1S/C7H7N3O3/c11-4-8-1-7(2-9-5-12)3-10-6-13/h7H,1-3H2. The Morgan fingerprint density at radius 1 is 0.769 bits per heavy atom. The highest BCUT2D eigenvalue weighted by molar-refractivity contribution is 5.34. The minimum atomic E-state index is -0.246. The first-order valence-corrected chi connectivity index (χ1v) is 3.46. The summed E-state index contributed by atoms with van der Waals surface area (Å²) in [5.74, 6) is -0.246. The molecule has 0 amide bonds. The summed E-state index contributed by atoms with van der Waals surface area (Å²) >= 11 is 0. The first-order valence-electron chi connectivity index (χ1n) is 3.46. The summed E-state index contributed by atoms with van der Waals surface area (Å²) in [6.45, 7) is 0.416. The van der Waals surface area contributed by atoms with Crippen LogP contribution in [0.25, 0.3) is 0 Å². The Kier molecular flexibility index (Phi) is 7.06. The van der Waals surface area contributed by atoms with Crippen molar-refractivity contribution in [3.63, 3.8) is 0 Å². The van der Waals surface area contributed by atoms with E-state index in [0.717, 1.165) is 0 Å². The first kappa shape index (κ1) is 11.1. The van der Waals surface area contributed by atoms with Gasteiger partial charge in [0.15, 0.2) is 0 Å². The van der Waals surface area contributed by atoms with Crippen LogP contribution in [0.15, 0.2) is 15.0 Å². The molecule has 68 valence electrons. The van der Waals surface area contributed by atoms with E-state index in [0.29, 0.717) is 0 Å². The maximum Gasteiger partial charge on any atom is 0.234 e. The molecule has 0 aliphatic carbocycles. The number of hydrogen-bond donors (Lipinski definition) is 0. The summed E-state index contributed by atoms with van der Waals surface area (Å²) in [4.78, 5) is 39.1. The Bertz CT molecular complexity index is 236. The molecule has 0 aliphatic rings. The lowest BCUT2D eigenvalue weighted by Gasteiger charge is -2.03. The lowest BCUT2D eigenvalue weighted by Crippen LogP contribution is -2.12. The van der Waals surface area contributed by atoms with Crippen LogP contribution in [0.2, 0.25) is 0 Å². The van der Waals surface area contributed by atoms with E-state index < -0.39 is 0 Å². The van der Waals surface area contributed by atoms with Crippen LogP contribution in [-0.2, 0) is 14.4 Å². The molecule has 0 aromatic carbocycles. The molecule has 6 nitrogen and oxygen atoms in total. The van der Waals surface area contributed by atoms with Gasteiger partial charge in [0.05, 0.1) is 19.6 Å². The number of rotatable bonds is 6. The van der Waals surface area contributed by atoms with Crippen molar-refractivity contribution in [3.05, 3.63) is 0 Å². The van der Waals surface area contributed by atoms with Crippen molar-refractivity contribution in [1.82, 2.24) is 0 Å². The van der Waals surface area contributed by atoms with Gasteiger partial charge in [0.1, 0.15) is 0 Å². The predicted molar refractivity (Wildman–Crippen MR) is 42.5 cm³/mol. The molecule has 6 heteroatoms. The monoisotopic (exact) mass is 181 g/mol. The summed E-state index contributed by atoms with van der Waals surface area (Å²) < 4.78 is 0. The van der Waals surface area contributed by atoms with Crippen LogP contribution in [0, 0.1) is 5.92 Å². The Hall–Kier alpha value is -1.86. The lowest BCUT2D eigenvalue weighted by molar-refractivity contribution is 0.528. The van der Waals surface area contributed by atoms with Gasteiger partial charge in [0.25, 0.3) is 0 Å². The molecule has 0 aliphatic heterocycles. The third-order valence-electron chi connectivity index (χ3n) is 1.24. The lowest BCUT2D eigenvalue weighted by atomic mass is 10.1. The van der Waals surface area contributed by atoms with Crippen LogP contribution < -0.4 is 0 Å². The summed E-state index contributed by atoms with van der Waals surface area (Å²) in [5.41, 5.74) is 0. The molecule has 0 saturated heterocycles. The molecule has 0 fully saturated rings. The zero-order valence-electron chi connectivity index (χ0n) is 6.77. The fraction of sp³-hybridized carbons (Fsp3) is 0.571. The SMILES string of the molecule is O=C=NCC(CN=C=O)CN=C=O. The minimum Gasteiger partial charge on any atom is -0.211 e. The van der Waals surface area contributed by atoms with Crippen molar-refractivity contribution in [2.24, 2.45) is 20.9 Å². The van der Waals surface area contributed by atoms with E-state index in [1.54, 1.807) is 0 Å². The maximum absolute atomic E-state index is 9.75. The van der Waals surface area contributed by atoms with Crippen LogP contribution in [0.4, 0.5) is 0 Å². The van der Waals surface area contributed by atoms with Gasteiger partial charge in [-0.05, 0) is 0 Å². The van der Waals surface area contributed by atoms with Gasteiger partial charge in [-0.15, -0.1) is 0 Å². The molecule has 0 unspecified atom stereocenters. The molecule has 0 saturated carbocycles. The van der Waals surface area contributed by atoms with E-state index in [4.69, 9.17) is 0 Å². The largest absolute Gasteiger partial charge is 0.234 e.